The molecular formula is C16H15N5O4S. The zero-order valence-corrected chi connectivity index (χ0v) is 14.5. The van der Waals surface area contributed by atoms with Gasteiger partial charge in [0.25, 0.3) is 0 Å². The first kappa shape index (κ1) is 17.5. The van der Waals surface area contributed by atoms with Gasteiger partial charge >= 0.3 is 5.69 Å². The van der Waals surface area contributed by atoms with E-state index in [1.165, 1.54) is 24.5 Å². The molecule has 3 rings (SSSR count). The van der Waals surface area contributed by atoms with Crippen LogP contribution in [0.5, 0.6) is 0 Å². The van der Waals surface area contributed by atoms with Crippen LogP contribution in [0.1, 0.15) is 5.56 Å². The Morgan fingerprint density at radius 1 is 1.19 bits per heavy atom. The second-order valence-electron chi connectivity index (χ2n) is 5.54. The molecule has 2 aromatic carbocycles. The SMILES string of the molecule is CS(=O)(=O)c1cccc(NCc2ccc(-n3cncn3)cc2)c1[N+](=O)[O-]. The van der Waals surface area contributed by atoms with E-state index >= 15 is 0 Å². The number of para-hydroxylation sites is 1. The van der Waals surface area contributed by atoms with Crippen molar-refractivity contribution in [3.8, 4) is 5.69 Å². The molecule has 0 aliphatic rings. The molecule has 3 aromatic rings. The molecule has 134 valence electrons. The lowest BCUT2D eigenvalue weighted by atomic mass is 10.2. The van der Waals surface area contributed by atoms with E-state index in [4.69, 9.17) is 0 Å². The molecule has 0 aliphatic heterocycles. The highest BCUT2D eigenvalue weighted by Gasteiger charge is 2.25. The van der Waals surface area contributed by atoms with Crippen molar-refractivity contribution < 1.29 is 13.3 Å². The van der Waals surface area contributed by atoms with Gasteiger partial charge in [0.2, 0.25) is 0 Å². The topological polar surface area (TPSA) is 120 Å². The third-order valence-electron chi connectivity index (χ3n) is 3.68. The molecular weight excluding hydrogens is 358 g/mol. The lowest BCUT2D eigenvalue weighted by molar-refractivity contribution is -0.386. The van der Waals surface area contributed by atoms with Crippen molar-refractivity contribution in [2.75, 3.05) is 11.6 Å². The predicted octanol–water partition coefficient (Wildman–Crippen LogP) is 2.19. The fourth-order valence-corrected chi connectivity index (χ4v) is 3.32. The van der Waals surface area contributed by atoms with E-state index in [2.05, 4.69) is 15.4 Å². The Hall–Kier alpha value is -3.27. The molecule has 0 fully saturated rings. The van der Waals surface area contributed by atoms with E-state index in [0.29, 0.717) is 6.54 Å². The average Bonchev–Trinajstić information content (AvgIpc) is 3.13. The Bertz CT molecular complexity index is 1030. The van der Waals surface area contributed by atoms with E-state index in [1.807, 2.05) is 24.3 Å². The zero-order valence-electron chi connectivity index (χ0n) is 13.7. The molecule has 0 saturated carbocycles. The fraction of sp³-hybridized carbons (Fsp3) is 0.125. The van der Waals surface area contributed by atoms with Gasteiger partial charge in [-0.1, -0.05) is 18.2 Å². The zero-order chi connectivity index (χ0) is 18.7. The summed E-state index contributed by atoms with van der Waals surface area (Å²) in [6.45, 7) is 0.297. The van der Waals surface area contributed by atoms with Crippen LogP contribution in [-0.2, 0) is 16.4 Å². The highest BCUT2D eigenvalue weighted by Crippen LogP contribution is 2.32. The highest BCUT2D eigenvalue weighted by molar-refractivity contribution is 7.90. The Kier molecular flexibility index (Phi) is 4.67. The number of nitro benzene ring substituents is 1. The van der Waals surface area contributed by atoms with Gasteiger partial charge in [-0.2, -0.15) is 5.10 Å². The minimum absolute atomic E-state index is 0.151. The molecule has 0 bridgehead atoms. The molecule has 0 saturated heterocycles. The number of anilines is 1. The van der Waals surface area contributed by atoms with E-state index in [1.54, 1.807) is 11.0 Å². The van der Waals surface area contributed by atoms with Gasteiger partial charge in [0.1, 0.15) is 23.2 Å². The summed E-state index contributed by atoms with van der Waals surface area (Å²) in [4.78, 5) is 14.2. The Labute approximate surface area is 149 Å². The maximum Gasteiger partial charge on any atom is 0.310 e. The number of aromatic nitrogens is 3. The quantitative estimate of drug-likeness (QED) is 0.519. The maximum absolute atomic E-state index is 11.8. The van der Waals surface area contributed by atoms with E-state index in [-0.39, 0.29) is 10.6 Å². The standard InChI is InChI=1S/C16H15N5O4S/c1-26(24,25)15-4-2-3-14(16(15)21(22)23)18-9-12-5-7-13(8-6-12)20-11-17-10-19-20/h2-8,10-11,18H,9H2,1H3. The van der Waals surface area contributed by atoms with Crippen LogP contribution in [0.25, 0.3) is 5.69 Å². The molecule has 0 atom stereocenters. The predicted molar refractivity (Wildman–Crippen MR) is 94.9 cm³/mol. The molecule has 1 aromatic heterocycles. The smallest absolute Gasteiger partial charge is 0.310 e. The number of nitrogens with zero attached hydrogens (tertiary/aromatic N) is 4. The molecule has 0 amide bonds. The van der Waals surface area contributed by atoms with Crippen LogP contribution in [0.15, 0.2) is 60.0 Å². The number of sulfone groups is 1. The summed E-state index contributed by atoms with van der Waals surface area (Å²) in [6.07, 6.45) is 3.96. The van der Waals surface area contributed by atoms with Gasteiger partial charge in [-0.25, -0.2) is 18.1 Å². The summed E-state index contributed by atoms with van der Waals surface area (Å²) in [5, 5.41) is 18.3. The lowest BCUT2D eigenvalue weighted by Gasteiger charge is -2.10. The molecule has 0 radical (unpaired) electrons. The lowest BCUT2D eigenvalue weighted by Crippen LogP contribution is -2.08. The maximum atomic E-state index is 11.8. The van der Waals surface area contributed by atoms with Crippen molar-refractivity contribution >= 4 is 21.2 Å². The summed E-state index contributed by atoms with van der Waals surface area (Å²) in [7, 11) is -3.71. The normalized spacial score (nSPS) is 11.3. The molecule has 0 aliphatic carbocycles. The molecule has 9 nitrogen and oxygen atoms in total. The summed E-state index contributed by atoms with van der Waals surface area (Å²) in [5.41, 5.74) is 1.40. The summed E-state index contributed by atoms with van der Waals surface area (Å²) < 4.78 is 25.2. The van der Waals surface area contributed by atoms with Crippen molar-refractivity contribution in [1.29, 1.82) is 0 Å². The van der Waals surface area contributed by atoms with E-state index in [9.17, 15) is 18.5 Å². The third-order valence-corrected chi connectivity index (χ3v) is 4.81. The van der Waals surface area contributed by atoms with E-state index < -0.39 is 20.4 Å². The van der Waals surface area contributed by atoms with Crippen LogP contribution in [0.2, 0.25) is 0 Å². The van der Waals surface area contributed by atoms with Crippen LogP contribution >= 0.6 is 0 Å². The Morgan fingerprint density at radius 3 is 2.50 bits per heavy atom. The molecule has 10 heteroatoms. The average molecular weight is 373 g/mol. The van der Waals surface area contributed by atoms with Crippen LogP contribution < -0.4 is 5.32 Å². The third kappa shape index (κ3) is 3.70. The largest absolute Gasteiger partial charge is 0.375 e. The molecule has 26 heavy (non-hydrogen) atoms. The van der Waals surface area contributed by atoms with Crippen LogP contribution in [0.4, 0.5) is 11.4 Å². The summed E-state index contributed by atoms with van der Waals surface area (Å²) in [6, 6.07) is 11.5. The Morgan fingerprint density at radius 2 is 1.92 bits per heavy atom. The van der Waals surface area contributed by atoms with Gasteiger partial charge in [0.15, 0.2) is 9.84 Å². The highest BCUT2D eigenvalue weighted by atomic mass is 32.2. The number of rotatable bonds is 6. The molecule has 0 spiro atoms. The van der Waals surface area contributed by atoms with E-state index in [0.717, 1.165) is 17.5 Å². The van der Waals surface area contributed by atoms with Gasteiger partial charge in [-0.05, 0) is 29.8 Å². The van der Waals surface area contributed by atoms with Crippen LogP contribution in [0, 0.1) is 10.1 Å². The number of hydrogen-bond donors (Lipinski definition) is 1. The van der Waals surface area contributed by atoms with Gasteiger partial charge < -0.3 is 5.32 Å². The second kappa shape index (κ2) is 6.92. The number of benzene rings is 2. The number of nitro groups is 1. The first-order chi connectivity index (χ1) is 12.4. The van der Waals surface area contributed by atoms with Crippen molar-refractivity contribution in [1.82, 2.24) is 14.8 Å². The summed E-state index contributed by atoms with van der Waals surface area (Å²) in [5.74, 6) is 0. The number of nitrogens with one attached hydrogen (secondary N) is 1. The van der Waals surface area contributed by atoms with Crippen molar-refractivity contribution in [2.24, 2.45) is 0 Å². The van der Waals surface area contributed by atoms with Gasteiger partial charge in [-0.3, -0.25) is 10.1 Å². The Balaban J connectivity index is 1.83. The molecule has 1 N–H and O–H groups in total. The monoisotopic (exact) mass is 373 g/mol. The van der Waals surface area contributed by atoms with Gasteiger partial charge in [0, 0.05) is 12.8 Å². The first-order valence-corrected chi connectivity index (χ1v) is 9.40. The second-order valence-corrected chi connectivity index (χ2v) is 7.53. The fourth-order valence-electron chi connectivity index (χ4n) is 2.46. The minimum Gasteiger partial charge on any atom is -0.375 e. The summed E-state index contributed by atoms with van der Waals surface area (Å²) >= 11 is 0. The molecule has 0 unspecified atom stereocenters. The van der Waals surface area contributed by atoms with Crippen LogP contribution in [0.3, 0.4) is 0 Å². The van der Waals surface area contributed by atoms with Crippen molar-refractivity contribution in [3.05, 3.63) is 70.8 Å². The van der Waals surface area contributed by atoms with Crippen LogP contribution in [-0.4, -0.2) is 34.4 Å². The van der Waals surface area contributed by atoms with Gasteiger partial charge in [0.05, 0.1) is 10.6 Å². The van der Waals surface area contributed by atoms with Gasteiger partial charge in [-0.15, -0.1) is 0 Å². The van der Waals surface area contributed by atoms with Crippen molar-refractivity contribution in [2.45, 2.75) is 11.4 Å². The minimum atomic E-state index is -3.71. The van der Waals surface area contributed by atoms with Crippen molar-refractivity contribution in [3.63, 3.8) is 0 Å². The number of hydrogen-bond acceptors (Lipinski definition) is 7. The first-order valence-electron chi connectivity index (χ1n) is 7.51. The molecule has 1 heterocycles.